The molecule has 0 bridgehead atoms. The smallest absolute Gasteiger partial charge is 0.306 e. The first-order valence-electron chi connectivity index (χ1n) is 16.2. The number of cyclic esters (lactones) is 1. The summed E-state index contributed by atoms with van der Waals surface area (Å²) in [6.45, 7) is 5.86. The summed E-state index contributed by atoms with van der Waals surface area (Å²) >= 11 is 0. The van der Waals surface area contributed by atoms with E-state index in [4.69, 9.17) is 28.4 Å². The molecule has 0 spiro atoms. The fourth-order valence-corrected chi connectivity index (χ4v) is 8.93. The molecule has 0 aromatic rings. The molecule has 0 unspecified atom stereocenters. The van der Waals surface area contributed by atoms with Gasteiger partial charge in [0.05, 0.1) is 18.3 Å². The fraction of sp³-hybridized carbons (Fsp3) is 0.879. The Morgan fingerprint density at radius 1 is 0.905 bits per heavy atom. The molecule has 2 aliphatic heterocycles. The number of allylic oxidation sites excluding steroid dienone is 2. The third-order valence-electron chi connectivity index (χ3n) is 11.2. The minimum absolute atomic E-state index is 0.0202. The number of esters is 1. The maximum Gasteiger partial charge on any atom is 0.306 e. The Morgan fingerprint density at radius 2 is 1.64 bits per heavy atom. The molecule has 15 atom stereocenters. The Bertz CT molecular complexity index is 969. The van der Waals surface area contributed by atoms with Crippen LogP contribution in [0.3, 0.4) is 0 Å². The van der Waals surface area contributed by atoms with Crippen molar-refractivity contribution in [2.75, 3.05) is 21.3 Å². The fourth-order valence-electron chi connectivity index (χ4n) is 8.93. The molecule has 4 fully saturated rings. The molecule has 2 saturated heterocycles. The number of aliphatic hydroxyl groups is 1. The SMILES string of the molecule is CC[C@H]1CCC[C@@H](O)[C@@H](C)C(=O)[C@@H]2C[C@@H]3[C@@H](C=C[C@@H]4C[C@@H](O[C@H]5O[C@@H](C)[C@@H](OC)[C@@H](OC)[C@H]5OC)C[C@H]34)[C@@H]2CC(=O)O1. The number of ketones is 1. The highest BCUT2D eigenvalue weighted by Gasteiger charge is 2.55. The van der Waals surface area contributed by atoms with E-state index >= 15 is 0 Å². The second-order valence-electron chi connectivity index (χ2n) is 13.4. The average molecular weight is 593 g/mol. The summed E-state index contributed by atoms with van der Waals surface area (Å²) in [5, 5.41) is 10.9. The molecular formula is C33H52O9. The summed E-state index contributed by atoms with van der Waals surface area (Å²) in [5.74, 6) is 0.229. The molecular weight excluding hydrogens is 540 g/mol. The van der Waals surface area contributed by atoms with Gasteiger partial charge < -0.3 is 33.5 Å². The summed E-state index contributed by atoms with van der Waals surface area (Å²) in [5.41, 5.74) is 0. The summed E-state index contributed by atoms with van der Waals surface area (Å²) in [7, 11) is 4.95. The van der Waals surface area contributed by atoms with Gasteiger partial charge in [0.25, 0.3) is 0 Å². The van der Waals surface area contributed by atoms with Crippen molar-refractivity contribution in [3.05, 3.63) is 12.2 Å². The third kappa shape index (κ3) is 6.24. The molecule has 5 rings (SSSR count). The van der Waals surface area contributed by atoms with Crippen LogP contribution in [0.25, 0.3) is 0 Å². The highest BCUT2D eigenvalue weighted by atomic mass is 16.7. The van der Waals surface area contributed by atoms with Gasteiger partial charge in [0.1, 0.15) is 30.2 Å². The number of carbonyl (C=O) groups is 2. The van der Waals surface area contributed by atoms with E-state index < -0.39 is 24.4 Å². The van der Waals surface area contributed by atoms with Gasteiger partial charge in [-0.15, -0.1) is 0 Å². The lowest BCUT2D eigenvalue weighted by atomic mass is 9.71. The van der Waals surface area contributed by atoms with Crippen LogP contribution in [-0.4, -0.2) is 87.2 Å². The Hall–Kier alpha value is -1.36. The molecule has 9 heteroatoms. The number of fused-ring (bicyclic) bond motifs is 5. The number of Topliss-reactive ketones (excluding diaryl/α,β-unsaturated/α-hetero) is 1. The van der Waals surface area contributed by atoms with Crippen LogP contribution in [0.2, 0.25) is 0 Å². The number of carbonyl (C=O) groups excluding carboxylic acids is 2. The van der Waals surface area contributed by atoms with E-state index in [1.165, 1.54) is 0 Å². The van der Waals surface area contributed by atoms with E-state index in [9.17, 15) is 14.7 Å². The molecule has 2 saturated carbocycles. The average Bonchev–Trinajstić information content (AvgIpc) is 3.55. The van der Waals surface area contributed by atoms with E-state index in [0.29, 0.717) is 18.3 Å². The lowest BCUT2D eigenvalue weighted by Gasteiger charge is -2.44. The molecule has 42 heavy (non-hydrogen) atoms. The molecule has 9 nitrogen and oxygen atoms in total. The quantitative estimate of drug-likeness (QED) is 0.360. The van der Waals surface area contributed by atoms with Gasteiger partial charge in [-0.1, -0.05) is 26.0 Å². The number of hydrogen-bond donors (Lipinski definition) is 1. The van der Waals surface area contributed by atoms with Gasteiger partial charge in [-0.25, -0.2) is 0 Å². The van der Waals surface area contributed by atoms with Gasteiger partial charge in [0.15, 0.2) is 6.29 Å². The lowest BCUT2D eigenvalue weighted by molar-refractivity contribution is -0.314. The van der Waals surface area contributed by atoms with Crippen molar-refractivity contribution in [2.24, 2.45) is 41.4 Å². The predicted octanol–water partition coefficient (Wildman–Crippen LogP) is 4.09. The zero-order valence-corrected chi connectivity index (χ0v) is 26.2. The second kappa shape index (κ2) is 13.7. The largest absolute Gasteiger partial charge is 0.462 e. The van der Waals surface area contributed by atoms with Gasteiger partial charge in [0.2, 0.25) is 0 Å². The first-order chi connectivity index (χ1) is 20.2. The van der Waals surface area contributed by atoms with Crippen LogP contribution in [0.5, 0.6) is 0 Å². The Morgan fingerprint density at radius 3 is 2.33 bits per heavy atom. The normalized spacial score (nSPS) is 48.0. The van der Waals surface area contributed by atoms with Crippen LogP contribution >= 0.6 is 0 Å². The van der Waals surface area contributed by atoms with Gasteiger partial charge in [-0.2, -0.15) is 0 Å². The molecule has 0 amide bonds. The molecule has 5 aliphatic rings. The van der Waals surface area contributed by atoms with Crippen LogP contribution in [0.4, 0.5) is 0 Å². The zero-order chi connectivity index (χ0) is 30.1. The first-order valence-corrected chi connectivity index (χ1v) is 16.2. The number of aliphatic hydroxyl groups excluding tert-OH is 1. The number of methoxy groups -OCH3 is 3. The monoisotopic (exact) mass is 592 g/mol. The molecule has 1 N–H and O–H groups in total. The van der Waals surface area contributed by atoms with Crippen molar-refractivity contribution >= 4 is 11.8 Å². The zero-order valence-electron chi connectivity index (χ0n) is 26.2. The standard InChI is InChI=1S/C33H52O9/c1-7-20-9-8-10-27(34)17(2)29(36)26-15-24-22(25(26)16-28(35)41-20)12-11-19-13-21(14-23(19)24)42-33-32(39-6)31(38-5)30(37-4)18(3)40-33/h11-12,17-27,30-34H,7-10,13-16H2,1-6H3/t17-,18+,19-,20+,21-,22-,23+,24-,25+,26-,27-,30-,31-,32-,33-/m1/s1. The predicted molar refractivity (Wildman–Crippen MR) is 154 cm³/mol. The van der Waals surface area contributed by atoms with Crippen molar-refractivity contribution in [1.29, 1.82) is 0 Å². The van der Waals surface area contributed by atoms with E-state index in [-0.39, 0.29) is 72.4 Å². The van der Waals surface area contributed by atoms with Crippen LogP contribution in [0, 0.1) is 41.4 Å². The summed E-state index contributed by atoms with van der Waals surface area (Å²) in [4.78, 5) is 27.0. The summed E-state index contributed by atoms with van der Waals surface area (Å²) in [6.07, 6.45) is 7.45. The van der Waals surface area contributed by atoms with Gasteiger partial charge in [-0.05, 0) is 81.5 Å². The van der Waals surface area contributed by atoms with Crippen LogP contribution in [0.1, 0.15) is 72.1 Å². The van der Waals surface area contributed by atoms with Gasteiger partial charge in [0, 0.05) is 39.6 Å². The maximum atomic E-state index is 13.8. The lowest BCUT2D eigenvalue weighted by Crippen LogP contribution is -2.59. The second-order valence-corrected chi connectivity index (χ2v) is 13.4. The van der Waals surface area contributed by atoms with Crippen molar-refractivity contribution in [3.8, 4) is 0 Å². The van der Waals surface area contributed by atoms with Gasteiger partial charge in [-0.3, -0.25) is 9.59 Å². The summed E-state index contributed by atoms with van der Waals surface area (Å²) < 4.78 is 36.0. The number of ether oxygens (including phenoxy) is 6. The molecule has 0 aromatic carbocycles. The molecule has 2 heterocycles. The van der Waals surface area contributed by atoms with Crippen molar-refractivity contribution in [3.63, 3.8) is 0 Å². The van der Waals surface area contributed by atoms with E-state index in [1.807, 2.05) is 20.8 Å². The van der Waals surface area contributed by atoms with E-state index in [0.717, 1.165) is 38.5 Å². The van der Waals surface area contributed by atoms with Crippen LogP contribution in [0.15, 0.2) is 12.2 Å². The Balaban J connectivity index is 1.32. The Labute approximate surface area is 250 Å². The topological polar surface area (TPSA) is 110 Å². The highest BCUT2D eigenvalue weighted by molar-refractivity contribution is 5.85. The molecule has 238 valence electrons. The molecule has 0 radical (unpaired) electrons. The van der Waals surface area contributed by atoms with E-state index in [2.05, 4.69) is 12.2 Å². The van der Waals surface area contributed by atoms with Crippen LogP contribution < -0.4 is 0 Å². The van der Waals surface area contributed by atoms with Crippen molar-refractivity contribution in [1.82, 2.24) is 0 Å². The minimum atomic E-state index is -0.666. The minimum Gasteiger partial charge on any atom is -0.462 e. The maximum absolute atomic E-state index is 13.8. The van der Waals surface area contributed by atoms with Crippen molar-refractivity contribution < 1.29 is 43.1 Å². The number of rotatable bonds is 6. The third-order valence-corrected chi connectivity index (χ3v) is 11.2. The van der Waals surface area contributed by atoms with Crippen LogP contribution in [-0.2, 0) is 38.0 Å². The summed E-state index contributed by atoms with van der Waals surface area (Å²) in [6, 6.07) is 0. The highest BCUT2D eigenvalue weighted by Crippen LogP contribution is 2.57. The van der Waals surface area contributed by atoms with Crippen molar-refractivity contribution in [2.45, 2.75) is 121 Å². The molecule has 3 aliphatic carbocycles. The Kier molecular flexibility index (Phi) is 10.5. The number of hydrogen-bond acceptors (Lipinski definition) is 9. The molecule has 0 aromatic heterocycles. The van der Waals surface area contributed by atoms with Gasteiger partial charge >= 0.3 is 5.97 Å². The van der Waals surface area contributed by atoms with E-state index in [1.54, 1.807) is 21.3 Å². The first kappa shape index (κ1) is 32.0.